The summed E-state index contributed by atoms with van der Waals surface area (Å²) in [5.74, 6) is 1.34. The van der Waals surface area contributed by atoms with Gasteiger partial charge < -0.3 is 29.1 Å². The monoisotopic (exact) mass is 478 g/mol. The number of hydrogen-bond acceptors (Lipinski definition) is 6. The molecule has 0 aliphatic carbocycles. The summed E-state index contributed by atoms with van der Waals surface area (Å²) in [6.45, 7) is 4.85. The van der Waals surface area contributed by atoms with E-state index in [2.05, 4.69) is 23.6 Å². The van der Waals surface area contributed by atoms with Gasteiger partial charge in [0.2, 0.25) is 0 Å². The molecule has 0 amide bonds. The van der Waals surface area contributed by atoms with Crippen LogP contribution >= 0.6 is 7.82 Å². The first kappa shape index (κ1) is 24.2. The van der Waals surface area contributed by atoms with Gasteiger partial charge in [-0.15, -0.1) is 0 Å². The lowest BCUT2D eigenvalue weighted by atomic mass is 9.85. The minimum Gasteiger partial charge on any atom is -0.486 e. The summed E-state index contributed by atoms with van der Waals surface area (Å²) in [5.41, 5.74) is 4.41. The van der Waals surface area contributed by atoms with E-state index in [1.165, 1.54) is 5.56 Å². The molecule has 2 aromatic rings. The molecule has 2 aliphatic heterocycles. The van der Waals surface area contributed by atoms with Crippen LogP contribution < -0.4 is 9.47 Å². The number of rotatable bonds is 7. The molecule has 2 heterocycles. The molecule has 0 bridgehead atoms. The van der Waals surface area contributed by atoms with Crippen LogP contribution in [-0.4, -0.2) is 46.9 Å². The topological polar surface area (TPSA) is 115 Å². The highest BCUT2D eigenvalue weighted by molar-refractivity contribution is 7.46. The Balaban J connectivity index is 1.56. The fraction of sp³-hybridized carbons (Fsp3) is 0.500. The molecule has 180 valence electrons. The van der Waals surface area contributed by atoms with Crippen LogP contribution in [0.3, 0.4) is 0 Å². The Morgan fingerprint density at radius 3 is 2.55 bits per heavy atom. The number of aliphatic hydroxyl groups excluding tert-OH is 1. The number of benzene rings is 2. The van der Waals surface area contributed by atoms with E-state index < -0.39 is 26.1 Å². The van der Waals surface area contributed by atoms with E-state index in [1.807, 2.05) is 31.2 Å². The molecule has 9 heteroatoms. The van der Waals surface area contributed by atoms with Crippen molar-refractivity contribution in [3.63, 3.8) is 0 Å². The third-order valence-electron chi connectivity index (χ3n) is 6.30. The van der Waals surface area contributed by atoms with Crippen molar-refractivity contribution in [3.8, 4) is 11.5 Å². The zero-order valence-corrected chi connectivity index (χ0v) is 19.7. The normalized spacial score (nSPS) is 25.1. The molecular weight excluding hydrogens is 447 g/mol. The SMILES string of the molecule is CCc1ccc([C@@H]2O[C@H](COP(=O)(O)O)C[C@H](O)C2C)cc1Cc1ccc2c(c1)OCCO2. The summed E-state index contributed by atoms with van der Waals surface area (Å²) < 4.78 is 33.2. The van der Waals surface area contributed by atoms with Crippen LogP contribution in [0.4, 0.5) is 0 Å². The third kappa shape index (κ3) is 5.96. The van der Waals surface area contributed by atoms with Gasteiger partial charge in [0.1, 0.15) is 13.2 Å². The van der Waals surface area contributed by atoms with Crippen molar-refractivity contribution in [2.75, 3.05) is 19.8 Å². The van der Waals surface area contributed by atoms with Gasteiger partial charge in [0.05, 0.1) is 24.9 Å². The molecule has 2 aliphatic rings. The van der Waals surface area contributed by atoms with Crippen LogP contribution in [0, 0.1) is 5.92 Å². The number of fused-ring (bicyclic) bond motifs is 1. The summed E-state index contributed by atoms with van der Waals surface area (Å²) in [4.78, 5) is 18.0. The molecule has 8 nitrogen and oxygen atoms in total. The van der Waals surface area contributed by atoms with E-state index in [4.69, 9.17) is 24.0 Å². The summed E-state index contributed by atoms with van der Waals surface area (Å²) in [6.07, 6.45) is 0.158. The van der Waals surface area contributed by atoms with Gasteiger partial charge in [-0.05, 0) is 47.2 Å². The van der Waals surface area contributed by atoms with E-state index in [9.17, 15) is 9.67 Å². The fourth-order valence-corrected chi connectivity index (χ4v) is 4.85. The van der Waals surface area contributed by atoms with Crippen molar-refractivity contribution in [3.05, 3.63) is 58.7 Å². The van der Waals surface area contributed by atoms with Crippen LogP contribution in [0.5, 0.6) is 11.5 Å². The first-order valence-electron chi connectivity index (χ1n) is 11.3. The van der Waals surface area contributed by atoms with E-state index in [1.54, 1.807) is 0 Å². The zero-order chi connectivity index (χ0) is 23.6. The Hall–Kier alpha value is -1.93. The number of phosphoric ester groups is 1. The highest BCUT2D eigenvalue weighted by Crippen LogP contribution is 2.41. The van der Waals surface area contributed by atoms with E-state index in [0.29, 0.717) is 19.6 Å². The maximum atomic E-state index is 11.1. The van der Waals surface area contributed by atoms with Gasteiger partial charge in [-0.1, -0.05) is 38.1 Å². The van der Waals surface area contributed by atoms with Crippen LogP contribution in [0.15, 0.2) is 36.4 Å². The standard InChI is InChI=1S/C24H31O8P/c1-3-17-5-6-18(24-15(2)21(25)13-20(32-24)14-31-33(26,27)28)12-19(17)10-16-4-7-22-23(11-16)30-9-8-29-22/h4-7,11-12,15,20-21,24-25H,3,8-10,13-14H2,1-2H3,(H2,26,27,28)/t15?,20-,21-,24+/m0/s1. The van der Waals surface area contributed by atoms with E-state index in [-0.39, 0.29) is 18.9 Å². The van der Waals surface area contributed by atoms with Gasteiger partial charge in [0.25, 0.3) is 0 Å². The Morgan fingerprint density at radius 2 is 1.82 bits per heavy atom. The second-order valence-electron chi connectivity index (χ2n) is 8.66. The van der Waals surface area contributed by atoms with Gasteiger partial charge in [-0.2, -0.15) is 0 Å². The van der Waals surface area contributed by atoms with Crippen LogP contribution in [0.25, 0.3) is 0 Å². The van der Waals surface area contributed by atoms with E-state index in [0.717, 1.165) is 34.6 Å². The summed E-state index contributed by atoms with van der Waals surface area (Å²) in [7, 11) is -4.61. The quantitative estimate of drug-likeness (QED) is 0.518. The minimum absolute atomic E-state index is 0.175. The highest BCUT2D eigenvalue weighted by atomic mass is 31.2. The largest absolute Gasteiger partial charge is 0.486 e. The average Bonchev–Trinajstić information content (AvgIpc) is 2.79. The number of ether oxygens (including phenoxy) is 3. The minimum atomic E-state index is -4.61. The smallest absolute Gasteiger partial charge is 0.469 e. The molecule has 4 atom stereocenters. The molecule has 1 saturated heterocycles. The molecular formula is C24H31O8P. The number of aliphatic hydroxyl groups is 1. The Kier molecular flexibility index (Phi) is 7.43. The van der Waals surface area contributed by atoms with Gasteiger partial charge in [0.15, 0.2) is 11.5 Å². The first-order chi connectivity index (χ1) is 15.7. The highest BCUT2D eigenvalue weighted by Gasteiger charge is 2.37. The van der Waals surface area contributed by atoms with Crippen molar-refractivity contribution >= 4 is 7.82 Å². The number of hydrogen-bond donors (Lipinski definition) is 3. The molecule has 1 unspecified atom stereocenters. The predicted molar refractivity (Wildman–Crippen MR) is 121 cm³/mol. The zero-order valence-electron chi connectivity index (χ0n) is 18.8. The fourth-order valence-electron chi connectivity index (χ4n) is 4.49. The van der Waals surface area contributed by atoms with Gasteiger partial charge in [0, 0.05) is 12.3 Å². The van der Waals surface area contributed by atoms with Crippen molar-refractivity contribution in [2.45, 2.75) is 51.4 Å². The lowest BCUT2D eigenvalue weighted by Gasteiger charge is -2.38. The molecule has 33 heavy (non-hydrogen) atoms. The molecule has 0 spiro atoms. The Labute approximate surface area is 193 Å². The van der Waals surface area contributed by atoms with Crippen LogP contribution in [0.2, 0.25) is 0 Å². The summed E-state index contributed by atoms with van der Waals surface area (Å²) in [5, 5.41) is 10.6. The van der Waals surface area contributed by atoms with Crippen LogP contribution in [-0.2, 0) is 26.7 Å². The predicted octanol–water partition coefficient (Wildman–Crippen LogP) is 3.55. The first-order valence-corrected chi connectivity index (χ1v) is 12.8. The van der Waals surface area contributed by atoms with Crippen LogP contribution in [0.1, 0.15) is 48.6 Å². The number of aryl methyl sites for hydroxylation is 1. The number of phosphoric acid groups is 1. The summed E-state index contributed by atoms with van der Waals surface area (Å²) >= 11 is 0. The van der Waals surface area contributed by atoms with Gasteiger partial charge in [-0.3, -0.25) is 4.52 Å². The Bertz CT molecular complexity index is 1020. The van der Waals surface area contributed by atoms with Crippen molar-refractivity contribution < 1.29 is 38.2 Å². The second-order valence-corrected chi connectivity index (χ2v) is 9.90. The second kappa shape index (κ2) is 10.1. The van der Waals surface area contributed by atoms with Gasteiger partial charge >= 0.3 is 7.82 Å². The van der Waals surface area contributed by atoms with Gasteiger partial charge in [-0.25, -0.2) is 4.57 Å². The molecule has 3 N–H and O–H groups in total. The molecule has 2 aromatic carbocycles. The third-order valence-corrected chi connectivity index (χ3v) is 6.78. The maximum absolute atomic E-state index is 11.1. The van der Waals surface area contributed by atoms with Crippen molar-refractivity contribution in [2.24, 2.45) is 5.92 Å². The van der Waals surface area contributed by atoms with E-state index >= 15 is 0 Å². The van der Waals surface area contributed by atoms with Crippen molar-refractivity contribution in [1.29, 1.82) is 0 Å². The molecule has 0 saturated carbocycles. The maximum Gasteiger partial charge on any atom is 0.469 e. The molecule has 1 fully saturated rings. The lowest BCUT2D eigenvalue weighted by molar-refractivity contribution is -0.144. The molecule has 4 rings (SSSR count). The summed E-state index contributed by atoms with van der Waals surface area (Å²) in [6, 6.07) is 12.2. The lowest BCUT2D eigenvalue weighted by Crippen LogP contribution is -2.40. The Morgan fingerprint density at radius 1 is 1.06 bits per heavy atom. The molecule has 0 radical (unpaired) electrons. The van der Waals surface area contributed by atoms with Crippen molar-refractivity contribution in [1.82, 2.24) is 0 Å². The average molecular weight is 478 g/mol. The molecule has 0 aromatic heterocycles.